The molecule has 0 saturated heterocycles. The van der Waals surface area contributed by atoms with Crippen LogP contribution < -0.4 is 0 Å². The molecule has 0 saturated carbocycles. The van der Waals surface area contributed by atoms with E-state index < -0.39 is 21.7 Å². The van der Waals surface area contributed by atoms with Gasteiger partial charge in [0.15, 0.2) is 0 Å². The monoisotopic (exact) mass is 393 g/mol. The zero-order valence-electron chi connectivity index (χ0n) is 12.7. The molecule has 0 spiro atoms. The van der Waals surface area contributed by atoms with Crippen LogP contribution in [0.4, 0.5) is 4.79 Å². The molecule has 8 heteroatoms. The SMILES string of the molecule is CC(C)(C)OC(=O)N(CCCO)S(=O)(=O)c1ccccc1Br. The lowest BCUT2D eigenvalue weighted by Crippen LogP contribution is -2.41. The minimum atomic E-state index is -4.07. The molecule has 0 aliphatic rings. The zero-order chi connectivity index (χ0) is 17.0. The van der Waals surface area contributed by atoms with Gasteiger partial charge in [0, 0.05) is 17.6 Å². The molecule has 0 aliphatic heterocycles. The average molecular weight is 394 g/mol. The first kappa shape index (κ1) is 18.9. The van der Waals surface area contributed by atoms with Gasteiger partial charge in [-0.25, -0.2) is 17.5 Å². The summed E-state index contributed by atoms with van der Waals surface area (Å²) < 4.78 is 31.6. The summed E-state index contributed by atoms with van der Waals surface area (Å²) in [5, 5.41) is 8.94. The van der Waals surface area contributed by atoms with Crippen LogP contribution in [0, 0.1) is 0 Å². The molecular weight excluding hydrogens is 374 g/mol. The van der Waals surface area contributed by atoms with E-state index in [1.807, 2.05) is 0 Å². The van der Waals surface area contributed by atoms with Crippen molar-refractivity contribution in [3.8, 4) is 0 Å². The van der Waals surface area contributed by atoms with Crippen LogP contribution in [0.2, 0.25) is 0 Å². The van der Waals surface area contributed by atoms with E-state index in [1.165, 1.54) is 6.07 Å². The lowest BCUT2D eigenvalue weighted by atomic mass is 10.2. The molecule has 0 aromatic heterocycles. The van der Waals surface area contributed by atoms with E-state index in [4.69, 9.17) is 9.84 Å². The van der Waals surface area contributed by atoms with Gasteiger partial charge in [0.1, 0.15) is 10.5 Å². The van der Waals surface area contributed by atoms with Crippen molar-refractivity contribution >= 4 is 32.0 Å². The Morgan fingerprint density at radius 1 is 1.32 bits per heavy atom. The van der Waals surface area contributed by atoms with E-state index >= 15 is 0 Å². The van der Waals surface area contributed by atoms with E-state index in [1.54, 1.807) is 39.0 Å². The number of aliphatic hydroxyl groups excluding tert-OH is 1. The summed E-state index contributed by atoms with van der Waals surface area (Å²) in [6.45, 7) is 4.57. The molecule has 6 nitrogen and oxygen atoms in total. The molecule has 0 heterocycles. The Kier molecular flexibility index (Phi) is 6.39. The van der Waals surface area contributed by atoms with Crippen molar-refractivity contribution in [1.29, 1.82) is 0 Å². The fourth-order valence-electron chi connectivity index (χ4n) is 1.61. The van der Waals surface area contributed by atoms with Crippen LogP contribution in [0.5, 0.6) is 0 Å². The van der Waals surface area contributed by atoms with Crippen LogP contribution in [0.3, 0.4) is 0 Å². The molecule has 0 aliphatic carbocycles. The van der Waals surface area contributed by atoms with Gasteiger partial charge in [0.05, 0.1) is 0 Å². The largest absolute Gasteiger partial charge is 0.443 e. The number of amides is 1. The number of aliphatic hydroxyl groups is 1. The molecule has 1 aromatic carbocycles. The van der Waals surface area contributed by atoms with Gasteiger partial charge in [-0.3, -0.25) is 0 Å². The first-order valence-electron chi connectivity index (χ1n) is 6.70. The summed E-state index contributed by atoms with van der Waals surface area (Å²) in [5.74, 6) is 0. The highest BCUT2D eigenvalue weighted by atomic mass is 79.9. The maximum Gasteiger partial charge on any atom is 0.424 e. The lowest BCUT2D eigenvalue weighted by Gasteiger charge is -2.27. The minimum absolute atomic E-state index is 0.0289. The highest BCUT2D eigenvalue weighted by molar-refractivity contribution is 9.10. The van der Waals surface area contributed by atoms with Gasteiger partial charge in [-0.15, -0.1) is 0 Å². The van der Waals surface area contributed by atoms with Crippen LogP contribution in [0.25, 0.3) is 0 Å². The van der Waals surface area contributed by atoms with Gasteiger partial charge in [-0.1, -0.05) is 12.1 Å². The van der Waals surface area contributed by atoms with Gasteiger partial charge in [-0.2, -0.15) is 0 Å². The number of ether oxygens (including phenoxy) is 1. The summed E-state index contributed by atoms with van der Waals surface area (Å²) in [6, 6.07) is 6.22. The first-order valence-corrected chi connectivity index (χ1v) is 8.94. The molecule has 0 atom stereocenters. The predicted octanol–water partition coefficient (Wildman–Crippen LogP) is 2.76. The molecule has 1 rings (SSSR count). The summed E-state index contributed by atoms with van der Waals surface area (Å²) in [7, 11) is -4.07. The molecule has 0 fully saturated rings. The van der Waals surface area contributed by atoms with Crippen LogP contribution in [0.1, 0.15) is 27.2 Å². The molecule has 1 N–H and O–H groups in total. The van der Waals surface area contributed by atoms with Crippen molar-refractivity contribution in [3.63, 3.8) is 0 Å². The Morgan fingerprint density at radius 2 is 1.91 bits per heavy atom. The van der Waals surface area contributed by atoms with Crippen molar-refractivity contribution in [2.24, 2.45) is 0 Å². The number of benzene rings is 1. The smallest absolute Gasteiger partial charge is 0.424 e. The van der Waals surface area contributed by atoms with E-state index in [-0.39, 0.29) is 24.5 Å². The van der Waals surface area contributed by atoms with Crippen molar-refractivity contribution in [2.75, 3.05) is 13.2 Å². The summed E-state index contributed by atoms with van der Waals surface area (Å²) in [6.07, 6.45) is -0.833. The van der Waals surface area contributed by atoms with Gasteiger partial charge in [0.25, 0.3) is 10.0 Å². The first-order chi connectivity index (χ1) is 10.1. The zero-order valence-corrected chi connectivity index (χ0v) is 15.1. The Labute approximate surface area is 139 Å². The van der Waals surface area contributed by atoms with E-state index in [0.717, 1.165) is 0 Å². The molecule has 0 bridgehead atoms. The van der Waals surface area contributed by atoms with Crippen LogP contribution in [0.15, 0.2) is 33.6 Å². The third-order valence-corrected chi connectivity index (χ3v) is 5.30. The maximum absolute atomic E-state index is 12.7. The van der Waals surface area contributed by atoms with Gasteiger partial charge in [0.2, 0.25) is 0 Å². The third-order valence-electron chi connectivity index (χ3n) is 2.52. The van der Waals surface area contributed by atoms with Crippen LogP contribution in [-0.2, 0) is 14.8 Å². The number of halogens is 1. The Morgan fingerprint density at radius 3 is 2.41 bits per heavy atom. The van der Waals surface area contributed by atoms with Crippen LogP contribution >= 0.6 is 15.9 Å². The van der Waals surface area contributed by atoms with Crippen molar-refractivity contribution in [1.82, 2.24) is 4.31 Å². The Balaban J connectivity index is 3.21. The van der Waals surface area contributed by atoms with Crippen molar-refractivity contribution in [2.45, 2.75) is 37.7 Å². The number of carbonyl (C=O) groups is 1. The number of hydrogen-bond acceptors (Lipinski definition) is 5. The van der Waals surface area contributed by atoms with Crippen molar-refractivity contribution in [3.05, 3.63) is 28.7 Å². The molecular formula is C14H20BrNO5S. The number of rotatable bonds is 5. The van der Waals surface area contributed by atoms with Crippen molar-refractivity contribution < 1.29 is 23.1 Å². The lowest BCUT2D eigenvalue weighted by molar-refractivity contribution is 0.0385. The second-order valence-electron chi connectivity index (χ2n) is 5.57. The predicted molar refractivity (Wildman–Crippen MR) is 86.0 cm³/mol. The minimum Gasteiger partial charge on any atom is -0.443 e. The maximum atomic E-state index is 12.7. The molecule has 0 radical (unpaired) electrons. The molecule has 22 heavy (non-hydrogen) atoms. The third kappa shape index (κ3) is 4.96. The molecule has 0 unspecified atom stereocenters. The normalized spacial score (nSPS) is 12.0. The topological polar surface area (TPSA) is 83.9 Å². The quantitative estimate of drug-likeness (QED) is 0.830. The van der Waals surface area contributed by atoms with Gasteiger partial charge >= 0.3 is 6.09 Å². The second kappa shape index (κ2) is 7.43. The average Bonchev–Trinajstić information content (AvgIpc) is 2.37. The second-order valence-corrected chi connectivity index (χ2v) is 8.25. The fraction of sp³-hybridized carbons (Fsp3) is 0.500. The van der Waals surface area contributed by atoms with E-state index in [9.17, 15) is 13.2 Å². The molecule has 1 amide bonds. The summed E-state index contributed by atoms with van der Waals surface area (Å²) >= 11 is 3.17. The highest BCUT2D eigenvalue weighted by Gasteiger charge is 2.33. The van der Waals surface area contributed by atoms with Gasteiger partial charge < -0.3 is 9.84 Å². The fourth-order valence-corrected chi connectivity index (χ4v) is 3.91. The summed E-state index contributed by atoms with van der Waals surface area (Å²) in [5.41, 5.74) is -0.821. The Hall–Kier alpha value is -1.12. The standard InChI is InChI=1S/C14H20BrNO5S/c1-14(2,3)21-13(18)16(9-6-10-17)22(19,20)12-8-5-4-7-11(12)15/h4-5,7-8,17H,6,9-10H2,1-3H3. The highest BCUT2D eigenvalue weighted by Crippen LogP contribution is 2.26. The summed E-state index contributed by atoms with van der Waals surface area (Å²) in [4.78, 5) is 12.2. The molecule has 1 aromatic rings. The van der Waals surface area contributed by atoms with E-state index in [2.05, 4.69) is 15.9 Å². The molecule has 124 valence electrons. The Bertz CT molecular complexity index is 624. The number of nitrogens with zero attached hydrogens (tertiary/aromatic N) is 1. The number of sulfonamides is 1. The number of hydrogen-bond donors (Lipinski definition) is 1. The number of carbonyl (C=O) groups excluding carboxylic acids is 1. The van der Waals surface area contributed by atoms with E-state index in [0.29, 0.717) is 8.78 Å². The van der Waals surface area contributed by atoms with Gasteiger partial charge in [-0.05, 0) is 55.3 Å². The van der Waals surface area contributed by atoms with Crippen LogP contribution in [-0.4, -0.2) is 42.7 Å².